The number of benzene rings is 2. The van der Waals surface area contributed by atoms with Crippen molar-refractivity contribution >= 4 is 30.3 Å². The van der Waals surface area contributed by atoms with Crippen molar-refractivity contribution < 1.29 is 23.3 Å². The summed E-state index contributed by atoms with van der Waals surface area (Å²) in [5.74, 6) is 0.399. The second-order valence-electron chi connectivity index (χ2n) is 5.62. The fourth-order valence-electron chi connectivity index (χ4n) is 1.94. The third kappa shape index (κ3) is 7.05. The molecular weight excluding hydrogens is 391 g/mol. The molecule has 0 radical (unpaired) electrons. The Balaban J connectivity index is 2.16. The van der Waals surface area contributed by atoms with E-state index in [0.717, 1.165) is 11.8 Å². The minimum atomic E-state index is -3.95. The molecule has 8 nitrogen and oxygen atoms in total. The molecule has 27 heavy (non-hydrogen) atoms. The number of rotatable bonds is 9. The van der Waals surface area contributed by atoms with Crippen LogP contribution in [-0.2, 0) is 9.36 Å². The molecule has 0 spiro atoms. The first-order valence-electron chi connectivity index (χ1n) is 8.01. The first-order chi connectivity index (χ1) is 12.8. The number of hydrogen-bond donors (Lipinski definition) is 1. The number of nitro benzene ring substituents is 1. The molecule has 1 unspecified atom stereocenters. The number of nitrogens with one attached hydrogen (secondary N) is 1. The monoisotopic (exact) mass is 410 g/mol. The van der Waals surface area contributed by atoms with Crippen LogP contribution in [0.25, 0.3) is 0 Å². The molecule has 0 aromatic heterocycles. The zero-order valence-corrected chi connectivity index (χ0v) is 16.4. The van der Waals surface area contributed by atoms with Gasteiger partial charge in [-0.2, -0.15) is 5.09 Å². The molecule has 2 aromatic carbocycles. The Morgan fingerprint density at radius 3 is 2.19 bits per heavy atom. The standard InChI is InChI=1S/C17H19N2O6PS/c1-13(2)27-17(20)12-18-26(23,24-15-6-4-3-5-7-15)25-16-10-8-14(9-11-16)19(21)22/h3-11,13H,12H2,1-2H3,(H,18,23). The molecule has 0 aliphatic heterocycles. The first kappa shape index (κ1) is 21.0. The van der Waals surface area contributed by atoms with Gasteiger partial charge in [-0.3, -0.25) is 14.9 Å². The summed E-state index contributed by atoms with van der Waals surface area (Å²) in [6.45, 7) is 3.52. The van der Waals surface area contributed by atoms with Crippen molar-refractivity contribution in [1.29, 1.82) is 0 Å². The van der Waals surface area contributed by atoms with E-state index in [4.69, 9.17) is 9.05 Å². The maximum Gasteiger partial charge on any atom is 0.513 e. The molecule has 0 heterocycles. The SMILES string of the molecule is CC(C)SC(=O)CNP(=O)(Oc1ccccc1)Oc1ccc([N+](=O)[O-])cc1. The van der Waals surface area contributed by atoms with Gasteiger partial charge in [0.1, 0.15) is 11.5 Å². The highest BCUT2D eigenvalue weighted by Gasteiger charge is 2.29. The van der Waals surface area contributed by atoms with Crippen molar-refractivity contribution in [3.05, 3.63) is 64.7 Å². The molecule has 1 N–H and O–H groups in total. The van der Waals surface area contributed by atoms with Crippen molar-refractivity contribution in [2.24, 2.45) is 0 Å². The molecule has 2 rings (SSSR count). The minimum absolute atomic E-state index is 0.0873. The van der Waals surface area contributed by atoms with E-state index in [0.29, 0.717) is 5.75 Å². The van der Waals surface area contributed by atoms with E-state index >= 15 is 0 Å². The molecule has 0 fully saturated rings. The topological polar surface area (TPSA) is 108 Å². The van der Waals surface area contributed by atoms with Gasteiger partial charge in [0.25, 0.3) is 5.69 Å². The molecule has 10 heteroatoms. The fraction of sp³-hybridized carbons (Fsp3) is 0.235. The predicted octanol–water partition coefficient (Wildman–Crippen LogP) is 4.42. The van der Waals surface area contributed by atoms with Gasteiger partial charge < -0.3 is 9.05 Å². The normalized spacial score (nSPS) is 13.0. The van der Waals surface area contributed by atoms with Crippen LogP contribution in [-0.4, -0.2) is 21.8 Å². The molecule has 0 aliphatic carbocycles. The van der Waals surface area contributed by atoms with Crippen molar-refractivity contribution in [2.75, 3.05) is 6.54 Å². The third-order valence-corrected chi connectivity index (χ3v) is 5.35. The quantitative estimate of drug-likeness (QED) is 0.368. The van der Waals surface area contributed by atoms with E-state index in [1.807, 2.05) is 13.8 Å². The average molecular weight is 410 g/mol. The third-order valence-electron chi connectivity index (χ3n) is 3.03. The van der Waals surface area contributed by atoms with Crippen LogP contribution >= 0.6 is 19.5 Å². The van der Waals surface area contributed by atoms with Crippen LogP contribution in [0.5, 0.6) is 11.5 Å². The van der Waals surface area contributed by atoms with Gasteiger partial charge in [0.05, 0.1) is 11.5 Å². The average Bonchev–Trinajstić information content (AvgIpc) is 2.61. The van der Waals surface area contributed by atoms with Crippen molar-refractivity contribution in [1.82, 2.24) is 5.09 Å². The van der Waals surface area contributed by atoms with Crippen LogP contribution < -0.4 is 14.1 Å². The summed E-state index contributed by atoms with van der Waals surface area (Å²) >= 11 is 1.10. The van der Waals surface area contributed by atoms with E-state index < -0.39 is 12.7 Å². The van der Waals surface area contributed by atoms with Crippen LogP contribution in [0.3, 0.4) is 0 Å². The summed E-state index contributed by atoms with van der Waals surface area (Å²) in [6, 6.07) is 13.4. The van der Waals surface area contributed by atoms with Crippen LogP contribution in [0, 0.1) is 10.1 Å². The highest BCUT2D eigenvalue weighted by molar-refractivity contribution is 8.14. The lowest BCUT2D eigenvalue weighted by atomic mass is 10.3. The number of non-ortho nitro benzene ring substituents is 1. The summed E-state index contributed by atoms with van der Waals surface area (Å²) in [6.07, 6.45) is 0. The van der Waals surface area contributed by atoms with Gasteiger partial charge in [-0.15, -0.1) is 0 Å². The van der Waals surface area contributed by atoms with Gasteiger partial charge in [0.2, 0.25) is 5.12 Å². The summed E-state index contributed by atoms with van der Waals surface area (Å²) in [4.78, 5) is 22.1. The van der Waals surface area contributed by atoms with Crippen LogP contribution in [0.1, 0.15) is 13.8 Å². The van der Waals surface area contributed by atoms with E-state index in [-0.39, 0.29) is 28.3 Å². The first-order valence-corrected chi connectivity index (χ1v) is 10.4. The van der Waals surface area contributed by atoms with Crippen LogP contribution in [0.4, 0.5) is 5.69 Å². The fourth-order valence-corrected chi connectivity index (χ4v) is 4.03. The van der Waals surface area contributed by atoms with Gasteiger partial charge in [0, 0.05) is 17.4 Å². The molecular formula is C17H19N2O6PS. The summed E-state index contributed by atoms with van der Waals surface area (Å²) in [5.41, 5.74) is -0.127. The number of para-hydroxylation sites is 1. The second-order valence-corrected chi connectivity index (χ2v) is 8.93. The zero-order chi connectivity index (χ0) is 19.9. The van der Waals surface area contributed by atoms with Gasteiger partial charge in [-0.1, -0.05) is 43.8 Å². The lowest BCUT2D eigenvalue weighted by Crippen LogP contribution is -2.24. The van der Waals surface area contributed by atoms with Gasteiger partial charge in [-0.05, 0) is 24.3 Å². The Morgan fingerprint density at radius 2 is 1.67 bits per heavy atom. The van der Waals surface area contributed by atoms with Crippen LogP contribution in [0.15, 0.2) is 54.6 Å². The number of carbonyl (C=O) groups is 1. The maximum atomic E-state index is 13.1. The van der Waals surface area contributed by atoms with Crippen molar-refractivity contribution in [2.45, 2.75) is 19.1 Å². The number of nitro groups is 1. The van der Waals surface area contributed by atoms with Crippen LogP contribution in [0.2, 0.25) is 0 Å². The molecule has 0 saturated heterocycles. The summed E-state index contributed by atoms with van der Waals surface area (Å²) in [5, 5.41) is 13.2. The van der Waals surface area contributed by atoms with E-state index in [9.17, 15) is 19.5 Å². The molecule has 0 saturated carbocycles. The highest BCUT2D eigenvalue weighted by atomic mass is 32.2. The zero-order valence-electron chi connectivity index (χ0n) is 14.7. The predicted molar refractivity (Wildman–Crippen MR) is 104 cm³/mol. The summed E-state index contributed by atoms with van der Waals surface area (Å²) in [7, 11) is -3.95. The lowest BCUT2D eigenvalue weighted by Gasteiger charge is -2.20. The van der Waals surface area contributed by atoms with E-state index in [1.165, 1.54) is 24.3 Å². The molecule has 0 bridgehead atoms. The Kier molecular flexibility index (Phi) is 7.41. The number of nitrogens with zero attached hydrogens (tertiary/aromatic N) is 1. The van der Waals surface area contributed by atoms with E-state index in [1.54, 1.807) is 30.3 Å². The van der Waals surface area contributed by atoms with Gasteiger partial charge in [0.15, 0.2) is 0 Å². The Hall–Kier alpha value is -2.35. The van der Waals surface area contributed by atoms with Crippen molar-refractivity contribution in [3.63, 3.8) is 0 Å². The minimum Gasteiger partial charge on any atom is -0.405 e. The molecule has 2 aromatic rings. The lowest BCUT2D eigenvalue weighted by molar-refractivity contribution is -0.384. The van der Waals surface area contributed by atoms with E-state index in [2.05, 4.69) is 5.09 Å². The molecule has 0 amide bonds. The summed E-state index contributed by atoms with van der Waals surface area (Å²) < 4.78 is 24.0. The van der Waals surface area contributed by atoms with Gasteiger partial charge >= 0.3 is 7.75 Å². The molecule has 0 aliphatic rings. The van der Waals surface area contributed by atoms with Gasteiger partial charge in [-0.25, -0.2) is 4.57 Å². The van der Waals surface area contributed by atoms with Crippen molar-refractivity contribution in [3.8, 4) is 11.5 Å². The Labute approximate surface area is 161 Å². The number of hydrogen-bond acceptors (Lipinski definition) is 7. The Bertz CT molecular complexity index is 829. The highest BCUT2D eigenvalue weighted by Crippen LogP contribution is 2.44. The number of carbonyl (C=O) groups excluding carboxylic acids is 1. The Morgan fingerprint density at radius 1 is 1.11 bits per heavy atom. The number of thioether (sulfide) groups is 1. The smallest absolute Gasteiger partial charge is 0.405 e. The second kappa shape index (κ2) is 9.55. The molecule has 144 valence electrons. The maximum absolute atomic E-state index is 13.1. The largest absolute Gasteiger partial charge is 0.513 e. The molecule has 1 atom stereocenters.